The van der Waals surface area contributed by atoms with Crippen LogP contribution in [-0.4, -0.2) is 18.4 Å². The van der Waals surface area contributed by atoms with Crippen LogP contribution in [0.1, 0.15) is 37.6 Å². The molecule has 1 N–H and O–H groups in total. The maximum Gasteiger partial charge on any atom is 0.226 e. The second-order valence-electron chi connectivity index (χ2n) is 8.86. The highest BCUT2D eigenvalue weighted by Gasteiger charge is 2.29. The van der Waals surface area contributed by atoms with Gasteiger partial charge in [0.2, 0.25) is 9.84 Å². The molecule has 4 nitrogen and oxygen atoms in total. The normalized spacial score (nSPS) is 12.4. The number of pyridine rings is 1. The van der Waals surface area contributed by atoms with Gasteiger partial charge in [-0.1, -0.05) is 68.8 Å². The number of H-pyrrole nitrogens is 1. The molecule has 4 rings (SSSR count). The molecule has 0 amide bonds. The van der Waals surface area contributed by atoms with Crippen molar-refractivity contribution in [2.24, 2.45) is 0 Å². The van der Waals surface area contributed by atoms with Crippen molar-refractivity contribution in [3.05, 3.63) is 77.5 Å². The molecule has 0 unspecified atom stereocenters. The third-order valence-corrected chi connectivity index (χ3v) is 7.02. The van der Waals surface area contributed by atoms with Gasteiger partial charge in [-0.15, -0.1) is 0 Å². The van der Waals surface area contributed by atoms with E-state index in [2.05, 4.69) is 9.97 Å². The fraction of sp³-hybridized carbons (Fsp3) is 0.240. The molecule has 30 heavy (non-hydrogen) atoms. The number of fused-ring (bicyclic) bond motifs is 1. The molecule has 2 aromatic carbocycles. The predicted molar refractivity (Wildman–Crippen MR) is 122 cm³/mol. The molecule has 0 saturated carbocycles. The average molecular weight is 419 g/mol. The molecule has 0 saturated heterocycles. The Bertz CT molecular complexity index is 1340. The molecule has 0 spiro atoms. The molecule has 0 aliphatic rings. The van der Waals surface area contributed by atoms with Crippen molar-refractivity contribution in [1.29, 1.82) is 0 Å². The van der Waals surface area contributed by atoms with Crippen molar-refractivity contribution in [3.8, 4) is 11.3 Å². The van der Waals surface area contributed by atoms with Gasteiger partial charge in [-0.05, 0) is 43.2 Å². The van der Waals surface area contributed by atoms with Crippen molar-refractivity contribution in [3.63, 3.8) is 0 Å². The van der Waals surface area contributed by atoms with Gasteiger partial charge in [0.25, 0.3) is 0 Å². The highest BCUT2D eigenvalue weighted by Crippen LogP contribution is 2.37. The van der Waals surface area contributed by atoms with E-state index in [4.69, 9.17) is 0 Å². The van der Waals surface area contributed by atoms with E-state index < -0.39 is 9.84 Å². The summed E-state index contributed by atoms with van der Waals surface area (Å²) in [6, 6.07) is 18.9. The van der Waals surface area contributed by atoms with Crippen molar-refractivity contribution in [2.45, 2.75) is 50.0 Å². The van der Waals surface area contributed by atoms with Gasteiger partial charge in [-0.25, -0.2) is 13.4 Å². The van der Waals surface area contributed by atoms with E-state index in [9.17, 15) is 8.42 Å². The summed E-state index contributed by atoms with van der Waals surface area (Å²) in [7, 11) is -3.85. The number of sulfone groups is 1. The molecule has 2 heterocycles. The Morgan fingerprint density at radius 2 is 1.53 bits per heavy atom. The lowest BCUT2D eigenvalue weighted by Gasteiger charge is -2.18. The van der Waals surface area contributed by atoms with Crippen LogP contribution in [0.5, 0.6) is 0 Å². The smallest absolute Gasteiger partial charge is 0.226 e. The standard InChI is InChI=1S/C25H26N2O2S/c1-16-9-12-18(13-10-16)23-24(19-14-11-17(2)15-20(19)26-23)30(28,29)22-8-6-7-21(27-22)25(3,4)5/h6-15,26H,1-5H3. The van der Waals surface area contributed by atoms with Crippen molar-refractivity contribution in [1.82, 2.24) is 9.97 Å². The summed E-state index contributed by atoms with van der Waals surface area (Å²) in [5.74, 6) is 0. The first-order chi connectivity index (χ1) is 14.1. The summed E-state index contributed by atoms with van der Waals surface area (Å²) in [5.41, 5.74) is 4.92. The van der Waals surface area contributed by atoms with Crippen LogP contribution in [0.4, 0.5) is 0 Å². The summed E-state index contributed by atoms with van der Waals surface area (Å²) in [6.45, 7) is 10.1. The van der Waals surface area contributed by atoms with Gasteiger partial charge in [0.05, 0.1) is 5.69 Å². The fourth-order valence-corrected chi connectivity index (χ4v) is 5.17. The third-order valence-electron chi connectivity index (χ3n) is 5.28. The second kappa shape index (κ2) is 7.10. The molecule has 2 aromatic heterocycles. The van der Waals surface area contributed by atoms with Crippen molar-refractivity contribution >= 4 is 20.7 Å². The van der Waals surface area contributed by atoms with E-state index in [1.54, 1.807) is 12.1 Å². The predicted octanol–water partition coefficient (Wildman–Crippen LogP) is 5.98. The van der Waals surface area contributed by atoms with Crippen LogP contribution in [0.2, 0.25) is 0 Å². The lowest BCUT2D eigenvalue weighted by molar-refractivity contribution is 0.556. The van der Waals surface area contributed by atoms with E-state index in [0.717, 1.165) is 27.9 Å². The Hall–Kier alpha value is -2.92. The molecule has 0 radical (unpaired) electrons. The minimum atomic E-state index is -3.85. The molecular formula is C25H26N2O2S. The topological polar surface area (TPSA) is 62.8 Å². The van der Waals surface area contributed by atoms with Crippen LogP contribution < -0.4 is 0 Å². The van der Waals surface area contributed by atoms with E-state index in [1.807, 2.05) is 83.1 Å². The number of benzene rings is 2. The number of aryl methyl sites for hydroxylation is 2. The number of aromatic amines is 1. The van der Waals surface area contributed by atoms with Gasteiger partial charge >= 0.3 is 0 Å². The number of hydrogen-bond donors (Lipinski definition) is 1. The third kappa shape index (κ3) is 3.54. The zero-order chi connectivity index (χ0) is 21.7. The number of aromatic nitrogens is 2. The molecule has 5 heteroatoms. The molecule has 0 bridgehead atoms. The van der Waals surface area contributed by atoms with E-state index >= 15 is 0 Å². The molecular weight excluding hydrogens is 392 g/mol. The van der Waals surface area contributed by atoms with Crippen LogP contribution >= 0.6 is 0 Å². The molecule has 0 fully saturated rings. The van der Waals surface area contributed by atoms with E-state index in [1.165, 1.54) is 0 Å². The van der Waals surface area contributed by atoms with E-state index in [-0.39, 0.29) is 15.3 Å². The zero-order valence-electron chi connectivity index (χ0n) is 17.9. The molecule has 0 aliphatic carbocycles. The maximum atomic E-state index is 13.9. The minimum absolute atomic E-state index is 0.0739. The summed E-state index contributed by atoms with van der Waals surface area (Å²) >= 11 is 0. The lowest BCUT2D eigenvalue weighted by Crippen LogP contribution is -2.16. The summed E-state index contributed by atoms with van der Waals surface area (Å²) in [6.07, 6.45) is 0. The quantitative estimate of drug-likeness (QED) is 0.445. The molecule has 4 aromatic rings. The first-order valence-corrected chi connectivity index (χ1v) is 11.5. The molecule has 154 valence electrons. The minimum Gasteiger partial charge on any atom is -0.353 e. The summed E-state index contributed by atoms with van der Waals surface area (Å²) in [4.78, 5) is 8.18. The Kier molecular flexibility index (Phi) is 4.82. The fourth-order valence-electron chi connectivity index (χ4n) is 3.57. The number of nitrogens with zero attached hydrogens (tertiary/aromatic N) is 1. The first kappa shape index (κ1) is 20.4. The van der Waals surface area contributed by atoms with Crippen LogP contribution in [0.15, 0.2) is 70.6 Å². The Morgan fingerprint density at radius 3 is 2.20 bits per heavy atom. The Labute approximate surface area is 177 Å². The molecule has 0 atom stereocenters. The Balaban J connectivity index is 2.02. The van der Waals surface area contributed by atoms with Crippen LogP contribution in [-0.2, 0) is 15.3 Å². The van der Waals surface area contributed by atoms with Gasteiger partial charge in [-0.3, -0.25) is 0 Å². The zero-order valence-corrected chi connectivity index (χ0v) is 18.8. The maximum absolute atomic E-state index is 13.9. The SMILES string of the molecule is Cc1ccc(-c2[nH]c3cc(C)ccc3c2S(=O)(=O)c2cccc(C(C)(C)C)n2)cc1. The van der Waals surface area contributed by atoms with E-state index in [0.29, 0.717) is 11.1 Å². The Morgan fingerprint density at radius 1 is 0.867 bits per heavy atom. The van der Waals surface area contributed by atoms with Crippen molar-refractivity contribution in [2.75, 3.05) is 0 Å². The van der Waals surface area contributed by atoms with Gasteiger partial charge < -0.3 is 4.98 Å². The average Bonchev–Trinajstić information content (AvgIpc) is 3.07. The number of rotatable bonds is 3. The number of hydrogen-bond acceptors (Lipinski definition) is 3. The first-order valence-electron chi connectivity index (χ1n) is 9.99. The summed E-state index contributed by atoms with van der Waals surface area (Å²) < 4.78 is 27.7. The van der Waals surface area contributed by atoms with Crippen LogP contribution in [0, 0.1) is 13.8 Å². The highest BCUT2D eigenvalue weighted by atomic mass is 32.2. The second-order valence-corrected chi connectivity index (χ2v) is 10.7. The van der Waals surface area contributed by atoms with Gasteiger partial charge in [0, 0.05) is 22.0 Å². The van der Waals surface area contributed by atoms with Crippen LogP contribution in [0.25, 0.3) is 22.2 Å². The lowest BCUT2D eigenvalue weighted by atomic mass is 9.92. The van der Waals surface area contributed by atoms with Gasteiger partial charge in [-0.2, -0.15) is 0 Å². The largest absolute Gasteiger partial charge is 0.353 e. The van der Waals surface area contributed by atoms with Gasteiger partial charge in [0.15, 0.2) is 5.03 Å². The monoisotopic (exact) mass is 418 g/mol. The van der Waals surface area contributed by atoms with Crippen molar-refractivity contribution < 1.29 is 8.42 Å². The van der Waals surface area contributed by atoms with Gasteiger partial charge in [0.1, 0.15) is 4.90 Å². The highest BCUT2D eigenvalue weighted by molar-refractivity contribution is 7.91. The molecule has 0 aliphatic heterocycles. The number of nitrogens with one attached hydrogen (secondary N) is 1. The van der Waals surface area contributed by atoms with Crippen LogP contribution in [0.3, 0.4) is 0 Å². The summed E-state index contributed by atoms with van der Waals surface area (Å²) in [5, 5.41) is 0.754.